The fourth-order valence-corrected chi connectivity index (χ4v) is 1.30. The lowest BCUT2D eigenvalue weighted by molar-refractivity contribution is -0.136. The first-order valence-electron chi connectivity index (χ1n) is 4.52. The highest BCUT2D eigenvalue weighted by Gasteiger charge is 2.00. The second kappa shape index (κ2) is 4.77. The van der Waals surface area contributed by atoms with E-state index in [0.29, 0.717) is 0 Å². The van der Waals surface area contributed by atoms with Gasteiger partial charge in [-0.25, -0.2) is 0 Å². The minimum Gasteiger partial charge on any atom is -0.481 e. The Bertz CT molecular complexity index is 304. The van der Waals surface area contributed by atoms with Crippen molar-refractivity contribution in [1.82, 2.24) is 4.90 Å². The van der Waals surface area contributed by atoms with Crippen molar-refractivity contribution in [1.29, 1.82) is 0 Å². The third kappa shape index (κ3) is 3.58. The first-order valence-corrected chi connectivity index (χ1v) is 4.52. The molecule has 3 heteroatoms. The maximum absolute atomic E-state index is 10.4. The number of aliphatic carboxylic acids is 1. The van der Waals surface area contributed by atoms with E-state index in [2.05, 4.69) is 4.90 Å². The zero-order valence-corrected chi connectivity index (χ0v) is 8.53. The monoisotopic (exact) mass is 193 g/mol. The number of carboxylic acid groups (broad SMARTS) is 1. The molecule has 0 bridgehead atoms. The van der Waals surface area contributed by atoms with Crippen molar-refractivity contribution in [3.8, 4) is 0 Å². The quantitative estimate of drug-likeness (QED) is 0.785. The predicted octanol–water partition coefficient (Wildman–Crippen LogP) is 1.38. The molecule has 0 aromatic heterocycles. The van der Waals surface area contributed by atoms with Crippen LogP contribution in [0.25, 0.3) is 0 Å². The Balaban J connectivity index is 2.63. The third-order valence-corrected chi connectivity index (χ3v) is 1.88. The standard InChI is InChI=1S/C11H15NO2/c1-12(2)8-10-5-3-9(4-6-10)7-11(13)14/h3-6H,7-8H2,1-2H3,(H,13,14). The van der Waals surface area contributed by atoms with Crippen LogP contribution in [0, 0.1) is 0 Å². The molecular weight excluding hydrogens is 178 g/mol. The molecule has 0 unspecified atom stereocenters. The molecule has 1 aromatic rings. The lowest BCUT2D eigenvalue weighted by atomic mass is 10.1. The Morgan fingerprint density at radius 2 is 1.71 bits per heavy atom. The highest BCUT2D eigenvalue weighted by Crippen LogP contribution is 2.06. The number of hydrogen-bond acceptors (Lipinski definition) is 2. The number of benzene rings is 1. The average molecular weight is 193 g/mol. The molecule has 0 saturated carbocycles. The van der Waals surface area contributed by atoms with Crippen LogP contribution < -0.4 is 0 Å². The molecule has 0 saturated heterocycles. The summed E-state index contributed by atoms with van der Waals surface area (Å²) in [5.74, 6) is -0.787. The van der Waals surface area contributed by atoms with Gasteiger partial charge in [-0.1, -0.05) is 24.3 Å². The minimum atomic E-state index is -0.787. The van der Waals surface area contributed by atoms with Gasteiger partial charge >= 0.3 is 5.97 Å². The molecule has 0 radical (unpaired) electrons. The van der Waals surface area contributed by atoms with Crippen molar-refractivity contribution in [2.75, 3.05) is 14.1 Å². The van der Waals surface area contributed by atoms with Gasteiger partial charge in [-0.2, -0.15) is 0 Å². The van der Waals surface area contributed by atoms with Crippen LogP contribution in [-0.4, -0.2) is 30.1 Å². The molecule has 0 aliphatic heterocycles. The highest BCUT2D eigenvalue weighted by atomic mass is 16.4. The lowest BCUT2D eigenvalue weighted by Crippen LogP contribution is -2.10. The maximum atomic E-state index is 10.4. The van der Waals surface area contributed by atoms with Crippen molar-refractivity contribution in [2.45, 2.75) is 13.0 Å². The molecule has 3 nitrogen and oxygen atoms in total. The molecule has 0 aliphatic rings. The summed E-state index contributed by atoms with van der Waals surface area (Å²) in [6.07, 6.45) is 0.0994. The van der Waals surface area contributed by atoms with E-state index in [1.54, 1.807) is 0 Å². The smallest absolute Gasteiger partial charge is 0.307 e. The van der Waals surface area contributed by atoms with Gasteiger partial charge in [0.05, 0.1) is 6.42 Å². The summed E-state index contributed by atoms with van der Waals surface area (Å²) in [7, 11) is 4.01. The summed E-state index contributed by atoms with van der Waals surface area (Å²) < 4.78 is 0. The van der Waals surface area contributed by atoms with Crippen molar-refractivity contribution in [3.63, 3.8) is 0 Å². The molecule has 1 rings (SSSR count). The zero-order chi connectivity index (χ0) is 10.6. The van der Waals surface area contributed by atoms with Gasteiger partial charge in [0.1, 0.15) is 0 Å². The number of hydrogen-bond donors (Lipinski definition) is 1. The van der Waals surface area contributed by atoms with E-state index in [0.717, 1.165) is 12.1 Å². The maximum Gasteiger partial charge on any atom is 0.307 e. The first kappa shape index (κ1) is 10.7. The second-order valence-corrected chi connectivity index (χ2v) is 3.62. The number of carbonyl (C=O) groups is 1. The fourth-order valence-electron chi connectivity index (χ4n) is 1.30. The van der Waals surface area contributed by atoms with Crippen molar-refractivity contribution >= 4 is 5.97 Å². The molecule has 0 atom stereocenters. The summed E-state index contributed by atoms with van der Waals surface area (Å²) in [4.78, 5) is 12.5. The molecule has 14 heavy (non-hydrogen) atoms. The van der Waals surface area contributed by atoms with Crippen molar-refractivity contribution < 1.29 is 9.90 Å². The molecule has 76 valence electrons. The molecular formula is C11H15NO2. The minimum absolute atomic E-state index is 0.0994. The zero-order valence-electron chi connectivity index (χ0n) is 8.53. The largest absolute Gasteiger partial charge is 0.481 e. The van der Waals surface area contributed by atoms with E-state index in [1.165, 1.54) is 5.56 Å². The number of carboxylic acids is 1. The van der Waals surface area contributed by atoms with Gasteiger partial charge < -0.3 is 10.0 Å². The molecule has 0 spiro atoms. The van der Waals surface area contributed by atoms with Gasteiger partial charge in [0, 0.05) is 6.54 Å². The number of rotatable bonds is 4. The molecule has 0 heterocycles. The van der Waals surface area contributed by atoms with Crippen LogP contribution in [0.3, 0.4) is 0 Å². The fraction of sp³-hybridized carbons (Fsp3) is 0.364. The molecule has 0 fully saturated rings. The lowest BCUT2D eigenvalue weighted by Gasteiger charge is -2.09. The van der Waals surface area contributed by atoms with E-state index >= 15 is 0 Å². The highest BCUT2D eigenvalue weighted by molar-refractivity contribution is 5.70. The summed E-state index contributed by atoms with van der Waals surface area (Å²) in [6, 6.07) is 7.68. The molecule has 0 amide bonds. The molecule has 1 aromatic carbocycles. The van der Waals surface area contributed by atoms with Crippen molar-refractivity contribution in [3.05, 3.63) is 35.4 Å². The van der Waals surface area contributed by atoms with Crippen LogP contribution >= 0.6 is 0 Å². The van der Waals surface area contributed by atoms with E-state index in [-0.39, 0.29) is 6.42 Å². The number of nitrogens with zero attached hydrogens (tertiary/aromatic N) is 1. The van der Waals surface area contributed by atoms with E-state index in [9.17, 15) is 4.79 Å². The van der Waals surface area contributed by atoms with Gasteiger partial charge in [-0.05, 0) is 25.2 Å². The Morgan fingerprint density at radius 1 is 1.21 bits per heavy atom. The van der Waals surface area contributed by atoms with E-state index < -0.39 is 5.97 Å². The van der Waals surface area contributed by atoms with Crippen LogP contribution in [0.15, 0.2) is 24.3 Å². The summed E-state index contributed by atoms with van der Waals surface area (Å²) in [5, 5.41) is 8.57. The Kier molecular flexibility index (Phi) is 3.65. The Morgan fingerprint density at radius 3 is 2.14 bits per heavy atom. The summed E-state index contributed by atoms with van der Waals surface area (Å²) in [5.41, 5.74) is 2.05. The second-order valence-electron chi connectivity index (χ2n) is 3.62. The van der Waals surface area contributed by atoms with Crippen LogP contribution in [-0.2, 0) is 17.8 Å². The van der Waals surface area contributed by atoms with E-state index in [1.807, 2.05) is 38.4 Å². The van der Waals surface area contributed by atoms with Gasteiger partial charge in [-0.15, -0.1) is 0 Å². The van der Waals surface area contributed by atoms with Gasteiger partial charge in [0.2, 0.25) is 0 Å². The molecule has 1 N–H and O–H groups in total. The van der Waals surface area contributed by atoms with Crippen LogP contribution in [0.5, 0.6) is 0 Å². The first-order chi connectivity index (χ1) is 6.58. The van der Waals surface area contributed by atoms with Crippen molar-refractivity contribution in [2.24, 2.45) is 0 Å². The SMILES string of the molecule is CN(C)Cc1ccc(CC(=O)O)cc1. The normalized spacial score (nSPS) is 10.5. The average Bonchev–Trinajstić information content (AvgIpc) is 2.06. The van der Waals surface area contributed by atoms with E-state index in [4.69, 9.17) is 5.11 Å². The van der Waals surface area contributed by atoms with Crippen LogP contribution in [0.4, 0.5) is 0 Å². The summed E-state index contributed by atoms with van der Waals surface area (Å²) in [6.45, 7) is 0.882. The van der Waals surface area contributed by atoms with Gasteiger partial charge in [0.25, 0.3) is 0 Å². The van der Waals surface area contributed by atoms with Crippen LogP contribution in [0.1, 0.15) is 11.1 Å². The Hall–Kier alpha value is -1.35. The third-order valence-electron chi connectivity index (χ3n) is 1.88. The van der Waals surface area contributed by atoms with Crippen LogP contribution in [0.2, 0.25) is 0 Å². The van der Waals surface area contributed by atoms with Gasteiger partial charge in [-0.3, -0.25) is 4.79 Å². The van der Waals surface area contributed by atoms with Gasteiger partial charge in [0.15, 0.2) is 0 Å². The topological polar surface area (TPSA) is 40.5 Å². The Labute approximate surface area is 84.0 Å². The summed E-state index contributed by atoms with van der Waals surface area (Å²) >= 11 is 0. The molecule has 0 aliphatic carbocycles. The predicted molar refractivity (Wildman–Crippen MR) is 55.2 cm³/mol.